The van der Waals surface area contributed by atoms with Crippen LogP contribution < -0.4 is 10.2 Å². The van der Waals surface area contributed by atoms with Crippen molar-refractivity contribution < 1.29 is 4.79 Å². The molecule has 0 bridgehead atoms. The molecule has 3 nitrogen and oxygen atoms in total. The fraction of sp³-hybridized carbons (Fsp3) is 0.533. The van der Waals surface area contributed by atoms with Gasteiger partial charge in [-0.1, -0.05) is 18.2 Å². The molecule has 0 spiro atoms. The lowest BCUT2D eigenvalue weighted by Crippen LogP contribution is -2.49. The van der Waals surface area contributed by atoms with E-state index >= 15 is 0 Å². The Morgan fingerprint density at radius 1 is 1.33 bits per heavy atom. The molecule has 96 valence electrons. The van der Waals surface area contributed by atoms with Crippen LogP contribution in [-0.2, 0) is 11.2 Å². The highest BCUT2D eigenvalue weighted by molar-refractivity contribution is 5.98. The Morgan fingerprint density at radius 3 is 2.94 bits per heavy atom. The third-order valence-corrected chi connectivity index (χ3v) is 4.12. The van der Waals surface area contributed by atoms with Crippen LogP contribution in [0.1, 0.15) is 31.7 Å². The first-order valence-electron chi connectivity index (χ1n) is 6.92. The first-order chi connectivity index (χ1) is 8.77. The van der Waals surface area contributed by atoms with Crippen LogP contribution in [0.25, 0.3) is 0 Å². The van der Waals surface area contributed by atoms with E-state index in [-0.39, 0.29) is 11.9 Å². The predicted molar refractivity (Wildman–Crippen MR) is 72.7 cm³/mol. The minimum Gasteiger partial charge on any atom is -0.308 e. The minimum absolute atomic E-state index is 0.0265. The molecule has 1 N–H and O–H groups in total. The lowest BCUT2D eigenvalue weighted by Gasteiger charge is -2.36. The normalized spacial score (nSPS) is 27.1. The number of anilines is 1. The van der Waals surface area contributed by atoms with Gasteiger partial charge in [-0.25, -0.2) is 0 Å². The molecule has 0 radical (unpaired) electrons. The van der Waals surface area contributed by atoms with E-state index in [1.807, 2.05) is 11.0 Å². The number of rotatable bonds is 1. The summed E-state index contributed by atoms with van der Waals surface area (Å²) in [5.74, 6) is 0.257. The standard InChI is InChI=1S/C15H20N2O/c1-11-8-9-12-5-2-3-7-14(12)17(11)15(18)13-6-4-10-16-13/h2-3,5,7,11,13,16H,4,6,8-10H2,1H3/t11?,13-/m0/s1. The van der Waals surface area contributed by atoms with Gasteiger partial charge in [0.25, 0.3) is 0 Å². The summed E-state index contributed by atoms with van der Waals surface area (Å²) in [4.78, 5) is 14.7. The van der Waals surface area contributed by atoms with Crippen molar-refractivity contribution in [2.45, 2.75) is 44.7 Å². The number of aryl methyl sites for hydroxylation is 1. The van der Waals surface area contributed by atoms with Crippen molar-refractivity contribution in [2.24, 2.45) is 0 Å². The molecule has 0 aromatic heterocycles. The van der Waals surface area contributed by atoms with Crippen LogP contribution >= 0.6 is 0 Å². The molecule has 1 fully saturated rings. The molecular weight excluding hydrogens is 224 g/mol. The summed E-state index contributed by atoms with van der Waals surface area (Å²) in [6, 6.07) is 8.65. The van der Waals surface area contributed by atoms with Gasteiger partial charge in [0.2, 0.25) is 5.91 Å². The lowest BCUT2D eigenvalue weighted by atomic mass is 9.95. The highest BCUT2D eigenvalue weighted by atomic mass is 16.2. The maximum Gasteiger partial charge on any atom is 0.244 e. The summed E-state index contributed by atoms with van der Waals surface area (Å²) in [5, 5.41) is 3.31. The summed E-state index contributed by atoms with van der Waals surface area (Å²) in [7, 11) is 0. The van der Waals surface area contributed by atoms with Crippen molar-refractivity contribution >= 4 is 11.6 Å². The fourth-order valence-electron chi connectivity index (χ4n) is 3.09. The number of fused-ring (bicyclic) bond motifs is 1. The van der Waals surface area contributed by atoms with Gasteiger partial charge in [-0.15, -0.1) is 0 Å². The average molecular weight is 244 g/mol. The lowest BCUT2D eigenvalue weighted by molar-refractivity contribution is -0.120. The van der Waals surface area contributed by atoms with Crippen LogP contribution in [0.3, 0.4) is 0 Å². The number of nitrogens with one attached hydrogen (secondary N) is 1. The van der Waals surface area contributed by atoms with E-state index in [2.05, 4.69) is 30.4 Å². The Morgan fingerprint density at radius 2 is 2.17 bits per heavy atom. The van der Waals surface area contributed by atoms with Gasteiger partial charge < -0.3 is 10.2 Å². The van der Waals surface area contributed by atoms with Gasteiger partial charge in [0, 0.05) is 11.7 Å². The molecule has 1 unspecified atom stereocenters. The summed E-state index contributed by atoms with van der Waals surface area (Å²) in [6.07, 6.45) is 4.24. The van der Waals surface area contributed by atoms with Crippen LogP contribution in [0, 0.1) is 0 Å². The quantitative estimate of drug-likeness (QED) is 0.820. The minimum atomic E-state index is 0.0265. The molecule has 0 saturated carbocycles. The van der Waals surface area contributed by atoms with Crippen LogP contribution in [0.15, 0.2) is 24.3 Å². The molecule has 18 heavy (non-hydrogen) atoms. The molecule has 3 heteroatoms. The topological polar surface area (TPSA) is 32.3 Å². The summed E-state index contributed by atoms with van der Waals surface area (Å²) >= 11 is 0. The van der Waals surface area contributed by atoms with Crippen molar-refractivity contribution in [3.8, 4) is 0 Å². The Kier molecular flexibility index (Phi) is 3.08. The number of para-hydroxylation sites is 1. The van der Waals surface area contributed by atoms with Crippen LogP contribution in [0.4, 0.5) is 5.69 Å². The third-order valence-electron chi connectivity index (χ3n) is 4.12. The zero-order chi connectivity index (χ0) is 12.5. The second-order valence-electron chi connectivity index (χ2n) is 5.37. The van der Waals surface area contributed by atoms with Crippen molar-refractivity contribution in [3.05, 3.63) is 29.8 Å². The molecule has 2 atom stereocenters. The van der Waals surface area contributed by atoms with Gasteiger partial charge in [0.15, 0.2) is 0 Å². The largest absolute Gasteiger partial charge is 0.308 e. The maximum absolute atomic E-state index is 12.6. The second-order valence-corrected chi connectivity index (χ2v) is 5.37. The molecule has 0 aliphatic carbocycles. The molecule has 2 aliphatic heterocycles. The Bertz CT molecular complexity index is 452. The average Bonchev–Trinajstić information content (AvgIpc) is 2.92. The monoisotopic (exact) mass is 244 g/mol. The highest BCUT2D eigenvalue weighted by Crippen LogP contribution is 2.31. The smallest absolute Gasteiger partial charge is 0.244 e. The first kappa shape index (κ1) is 11.7. The van der Waals surface area contributed by atoms with Crippen molar-refractivity contribution in [3.63, 3.8) is 0 Å². The molecule has 1 amide bonds. The zero-order valence-corrected chi connectivity index (χ0v) is 10.9. The number of carbonyl (C=O) groups is 1. The predicted octanol–water partition coefficient (Wildman–Crippen LogP) is 2.11. The van der Waals surface area contributed by atoms with Crippen molar-refractivity contribution in [1.82, 2.24) is 5.32 Å². The van der Waals surface area contributed by atoms with Gasteiger partial charge in [-0.05, 0) is 50.8 Å². The molecule has 2 aliphatic rings. The van der Waals surface area contributed by atoms with Crippen LogP contribution in [0.2, 0.25) is 0 Å². The first-order valence-corrected chi connectivity index (χ1v) is 6.92. The van der Waals surface area contributed by atoms with Crippen molar-refractivity contribution in [1.29, 1.82) is 0 Å². The van der Waals surface area contributed by atoms with Gasteiger partial charge in [0.1, 0.15) is 0 Å². The Labute approximate surface area is 108 Å². The SMILES string of the molecule is CC1CCc2ccccc2N1C(=O)[C@@H]1CCCN1. The number of nitrogens with zero attached hydrogens (tertiary/aromatic N) is 1. The molecule has 1 saturated heterocycles. The third kappa shape index (κ3) is 1.93. The highest BCUT2D eigenvalue weighted by Gasteiger charge is 2.33. The van der Waals surface area contributed by atoms with Crippen LogP contribution in [-0.4, -0.2) is 24.5 Å². The van der Waals surface area contributed by atoms with Crippen LogP contribution in [0.5, 0.6) is 0 Å². The van der Waals surface area contributed by atoms with E-state index in [9.17, 15) is 4.79 Å². The van der Waals surface area contributed by atoms with Gasteiger partial charge in [-0.2, -0.15) is 0 Å². The molecule has 1 aromatic carbocycles. The number of hydrogen-bond donors (Lipinski definition) is 1. The Hall–Kier alpha value is -1.35. The van der Waals surface area contributed by atoms with E-state index in [1.165, 1.54) is 5.56 Å². The van der Waals surface area contributed by atoms with E-state index < -0.39 is 0 Å². The maximum atomic E-state index is 12.6. The van der Waals surface area contributed by atoms with Gasteiger partial charge >= 0.3 is 0 Å². The molecule has 2 heterocycles. The zero-order valence-electron chi connectivity index (χ0n) is 10.9. The number of carbonyl (C=O) groups excluding carboxylic acids is 1. The van der Waals surface area contributed by atoms with E-state index in [0.717, 1.165) is 37.9 Å². The number of amides is 1. The van der Waals surface area contributed by atoms with Gasteiger partial charge in [-0.3, -0.25) is 4.79 Å². The molecule has 1 aromatic rings. The summed E-state index contributed by atoms with van der Waals surface area (Å²) in [5.41, 5.74) is 2.43. The van der Waals surface area contributed by atoms with Gasteiger partial charge in [0.05, 0.1) is 6.04 Å². The molecular formula is C15H20N2O. The van der Waals surface area contributed by atoms with E-state index in [0.29, 0.717) is 6.04 Å². The number of benzene rings is 1. The van der Waals surface area contributed by atoms with E-state index in [1.54, 1.807) is 0 Å². The summed E-state index contributed by atoms with van der Waals surface area (Å²) < 4.78 is 0. The van der Waals surface area contributed by atoms with Crippen molar-refractivity contribution in [2.75, 3.05) is 11.4 Å². The molecule has 3 rings (SSSR count). The second kappa shape index (κ2) is 4.73. The Balaban J connectivity index is 1.92. The number of hydrogen-bond acceptors (Lipinski definition) is 2. The summed E-state index contributed by atoms with van der Waals surface area (Å²) in [6.45, 7) is 3.13. The fourth-order valence-corrected chi connectivity index (χ4v) is 3.09. The van der Waals surface area contributed by atoms with E-state index in [4.69, 9.17) is 0 Å².